The minimum Gasteiger partial charge on any atom is -0.508 e. The van der Waals surface area contributed by atoms with Gasteiger partial charge in [0.2, 0.25) is 0 Å². The van der Waals surface area contributed by atoms with Crippen LogP contribution < -0.4 is 4.90 Å². The van der Waals surface area contributed by atoms with Crippen LogP contribution in [-0.4, -0.2) is 49.7 Å². The van der Waals surface area contributed by atoms with Gasteiger partial charge in [-0.25, -0.2) is 0 Å². The van der Waals surface area contributed by atoms with E-state index >= 15 is 0 Å². The fourth-order valence-electron chi connectivity index (χ4n) is 4.60. The summed E-state index contributed by atoms with van der Waals surface area (Å²) in [4.78, 5) is 21.4. The van der Waals surface area contributed by atoms with Crippen LogP contribution in [-0.2, 0) is 13.6 Å². The minimum atomic E-state index is -0.0631. The van der Waals surface area contributed by atoms with Gasteiger partial charge in [-0.1, -0.05) is 0 Å². The molecule has 0 saturated carbocycles. The highest BCUT2D eigenvalue weighted by molar-refractivity contribution is 5.96. The number of benzene rings is 2. The average Bonchev–Trinajstić information content (AvgIpc) is 3.14. The molecular formula is C27H29N5O2. The zero-order valence-corrected chi connectivity index (χ0v) is 20.0. The van der Waals surface area contributed by atoms with E-state index < -0.39 is 0 Å². The Hall–Kier alpha value is -3.71. The van der Waals surface area contributed by atoms with Gasteiger partial charge in [0.25, 0.3) is 0 Å². The maximum Gasteiger partial charge on any atom is 0.160 e. The van der Waals surface area contributed by atoms with Crippen LogP contribution in [0, 0.1) is 0 Å². The summed E-state index contributed by atoms with van der Waals surface area (Å²) in [6.07, 6.45) is 5.69. The number of nitrogens with zero attached hydrogens (tertiary/aromatic N) is 5. The molecule has 1 aliphatic rings. The van der Waals surface area contributed by atoms with Crippen LogP contribution in [0.3, 0.4) is 0 Å². The summed E-state index contributed by atoms with van der Waals surface area (Å²) in [6, 6.07) is 12.2. The van der Waals surface area contributed by atoms with Crippen LogP contribution in [0.1, 0.15) is 36.7 Å². The number of anilines is 2. The highest BCUT2D eigenvalue weighted by atomic mass is 16.3. The Balaban J connectivity index is 1.63. The lowest BCUT2D eigenvalue weighted by atomic mass is 10.0. The maximum absolute atomic E-state index is 12.2. The Morgan fingerprint density at radius 2 is 1.88 bits per heavy atom. The van der Waals surface area contributed by atoms with Crippen LogP contribution >= 0.6 is 0 Å². The largest absolute Gasteiger partial charge is 0.508 e. The lowest BCUT2D eigenvalue weighted by Crippen LogP contribution is -2.34. The minimum absolute atomic E-state index is 0.0631. The molecule has 0 radical (unpaired) electrons. The number of carbonyl (C=O) groups excluding carboxylic acids is 1. The molecule has 0 aliphatic carbocycles. The summed E-state index contributed by atoms with van der Waals surface area (Å²) >= 11 is 0. The summed E-state index contributed by atoms with van der Waals surface area (Å²) in [6.45, 7) is 8.08. The molecule has 0 amide bonds. The van der Waals surface area contributed by atoms with Crippen molar-refractivity contribution in [3.63, 3.8) is 0 Å². The summed E-state index contributed by atoms with van der Waals surface area (Å²) in [5.41, 5.74) is 6.19. The molecule has 0 fully saturated rings. The molecule has 2 aromatic heterocycles. The first kappa shape index (κ1) is 22.1. The topological polar surface area (TPSA) is 74.5 Å². The number of phenolic OH excluding ortho intramolecular Hbond substituents is 1. The summed E-state index contributed by atoms with van der Waals surface area (Å²) in [5, 5.41) is 16.2. The Morgan fingerprint density at radius 3 is 2.59 bits per heavy atom. The van der Waals surface area contributed by atoms with Crippen molar-refractivity contribution < 1.29 is 9.90 Å². The molecular weight excluding hydrogens is 426 g/mol. The Morgan fingerprint density at radius 1 is 1.06 bits per heavy atom. The fourth-order valence-corrected chi connectivity index (χ4v) is 4.60. The fraction of sp³-hybridized carbons (Fsp3) is 0.296. The zero-order valence-electron chi connectivity index (χ0n) is 20.0. The highest BCUT2D eigenvalue weighted by Gasteiger charge is 2.26. The van der Waals surface area contributed by atoms with Gasteiger partial charge < -0.3 is 10.0 Å². The van der Waals surface area contributed by atoms with Crippen molar-refractivity contribution in [1.82, 2.24) is 19.7 Å². The van der Waals surface area contributed by atoms with E-state index in [0.717, 1.165) is 52.1 Å². The molecule has 4 aromatic rings. The molecule has 1 aliphatic heterocycles. The smallest absolute Gasteiger partial charge is 0.160 e. The van der Waals surface area contributed by atoms with E-state index in [2.05, 4.69) is 51.9 Å². The summed E-state index contributed by atoms with van der Waals surface area (Å²) < 4.78 is 1.78. The Labute approximate surface area is 199 Å². The van der Waals surface area contributed by atoms with Gasteiger partial charge in [0, 0.05) is 78.4 Å². The van der Waals surface area contributed by atoms with Gasteiger partial charge in [-0.2, -0.15) is 5.10 Å². The molecule has 3 heterocycles. The monoisotopic (exact) mass is 455 g/mol. The molecule has 0 unspecified atom stereocenters. The summed E-state index contributed by atoms with van der Waals surface area (Å²) in [7, 11) is 1.90. The average molecular weight is 456 g/mol. The number of Topliss-reactive ketones (excluding diaryl/α,β-unsaturated/α-hetero) is 1. The van der Waals surface area contributed by atoms with E-state index in [1.165, 1.54) is 6.92 Å². The van der Waals surface area contributed by atoms with Crippen molar-refractivity contribution >= 4 is 28.1 Å². The first-order chi connectivity index (χ1) is 16.3. The molecule has 0 saturated heterocycles. The van der Waals surface area contributed by atoms with Crippen LogP contribution in [0.2, 0.25) is 0 Å². The number of aromatic hydroxyl groups is 1. The van der Waals surface area contributed by atoms with Crippen molar-refractivity contribution in [2.75, 3.05) is 18.0 Å². The van der Waals surface area contributed by atoms with Crippen LogP contribution in [0.15, 0.2) is 55.0 Å². The van der Waals surface area contributed by atoms with Gasteiger partial charge in [-0.15, -0.1) is 0 Å². The third-order valence-electron chi connectivity index (χ3n) is 6.62. The van der Waals surface area contributed by atoms with Gasteiger partial charge >= 0.3 is 0 Å². The Kier molecular flexibility index (Phi) is 5.57. The van der Waals surface area contributed by atoms with E-state index in [0.29, 0.717) is 18.2 Å². The highest BCUT2D eigenvalue weighted by Crippen LogP contribution is 2.39. The molecule has 0 bridgehead atoms. The molecule has 5 rings (SSSR count). The molecule has 7 nitrogen and oxygen atoms in total. The van der Waals surface area contributed by atoms with Gasteiger partial charge in [-0.3, -0.25) is 19.4 Å². The number of carbonyl (C=O) groups is 1. The zero-order chi connectivity index (χ0) is 24.0. The third-order valence-corrected chi connectivity index (χ3v) is 6.62. The molecule has 2 aromatic carbocycles. The molecule has 34 heavy (non-hydrogen) atoms. The van der Waals surface area contributed by atoms with Gasteiger partial charge in [0.1, 0.15) is 5.75 Å². The maximum atomic E-state index is 12.2. The lowest BCUT2D eigenvalue weighted by Gasteiger charge is -2.26. The van der Waals surface area contributed by atoms with Crippen molar-refractivity contribution in [2.45, 2.75) is 33.4 Å². The van der Waals surface area contributed by atoms with Crippen molar-refractivity contribution in [3.05, 3.63) is 66.1 Å². The number of rotatable bonds is 4. The van der Waals surface area contributed by atoms with E-state index in [1.54, 1.807) is 10.7 Å². The predicted molar refractivity (Wildman–Crippen MR) is 135 cm³/mol. The van der Waals surface area contributed by atoms with Gasteiger partial charge in [0.05, 0.1) is 17.4 Å². The van der Waals surface area contributed by atoms with Gasteiger partial charge in [-0.05, 0) is 57.2 Å². The second-order valence-electron chi connectivity index (χ2n) is 9.27. The van der Waals surface area contributed by atoms with Crippen molar-refractivity contribution in [3.8, 4) is 16.9 Å². The Bertz CT molecular complexity index is 1390. The van der Waals surface area contributed by atoms with E-state index in [1.807, 2.05) is 37.8 Å². The number of phenols is 1. The second kappa shape index (κ2) is 8.57. The predicted octanol–water partition coefficient (Wildman–Crippen LogP) is 4.91. The number of aryl methyl sites for hydroxylation is 1. The first-order valence-electron chi connectivity index (χ1n) is 11.6. The molecule has 0 spiro atoms. The number of pyridine rings is 1. The third kappa shape index (κ3) is 4.03. The number of fused-ring (bicyclic) bond motifs is 2. The molecule has 174 valence electrons. The standard InChI is InChI=1S/C27H29N5O2/c1-17(2)31-7-8-32(26-11-19(18(3)33)12-27(34)24(26)16-31)23-5-6-25-20(10-23)9-21(13-28-25)22-14-29-30(4)15-22/h5-6,9-15,17,34H,7-8,16H2,1-4H3. The van der Waals surface area contributed by atoms with Crippen LogP contribution in [0.4, 0.5) is 11.4 Å². The van der Waals surface area contributed by atoms with E-state index in [4.69, 9.17) is 0 Å². The van der Waals surface area contributed by atoms with Crippen LogP contribution in [0.25, 0.3) is 22.0 Å². The summed E-state index contributed by atoms with van der Waals surface area (Å²) in [5.74, 6) is 0.105. The first-order valence-corrected chi connectivity index (χ1v) is 11.6. The normalized spacial score (nSPS) is 14.4. The number of aromatic nitrogens is 3. The van der Waals surface area contributed by atoms with Crippen molar-refractivity contribution in [1.29, 1.82) is 0 Å². The van der Waals surface area contributed by atoms with E-state index in [9.17, 15) is 9.90 Å². The van der Waals surface area contributed by atoms with Crippen LogP contribution in [0.5, 0.6) is 5.75 Å². The SMILES string of the molecule is CC(=O)c1cc(O)c2c(c1)N(c1ccc3ncc(-c4cnn(C)c4)cc3c1)CCN(C(C)C)C2. The quantitative estimate of drug-likeness (QED) is 0.441. The second-order valence-corrected chi connectivity index (χ2v) is 9.27. The molecule has 1 N–H and O–H groups in total. The van der Waals surface area contributed by atoms with Crippen molar-refractivity contribution in [2.24, 2.45) is 7.05 Å². The lowest BCUT2D eigenvalue weighted by molar-refractivity contribution is 0.101. The van der Waals surface area contributed by atoms with Gasteiger partial charge in [0.15, 0.2) is 5.78 Å². The molecule has 7 heteroatoms. The molecule has 0 atom stereocenters. The number of ketones is 1. The number of hydrogen-bond acceptors (Lipinski definition) is 6. The number of hydrogen-bond donors (Lipinski definition) is 1. The van der Waals surface area contributed by atoms with E-state index in [-0.39, 0.29) is 11.5 Å².